The average Bonchev–Trinajstić information content (AvgIpc) is 2.59. The van der Waals surface area contributed by atoms with Crippen molar-refractivity contribution in [3.05, 3.63) is 35.4 Å². The van der Waals surface area contributed by atoms with E-state index in [1.807, 2.05) is 0 Å². The molecule has 168 valence electrons. The third kappa shape index (κ3) is 4.25. The molecule has 0 aliphatic carbocycles. The highest BCUT2D eigenvalue weighted by molar-refractivity contribution is 6.78. The quantitative estimate of drug-likeness (QED) is 0.209. The molecule has 1 aliphatic rings. The van der Waals surface area contributed by atoms with E-state index in [2.05, 4.69) is 0 Å². The van der Waals surface area contributed by atoms with Crippen molar-refractivity contribution < 1.29 is 19.1 Å². The summed E-state index contributed by atoms with van der Waals surface area (Å²) in [6.45, 7) is 0. The molecular weight excluding hydrogens is 658 g/mol. The van der Waals surface area contributed by atoms with Crippen LogP contribution in [-0.2, 0) is 9.47 Å². The Balaban J connectivity index is 2.87. The maximum atomic E-state index is 12.6. The highest BCUT2D eigenvalue weighted by atomic mass is 35.6. The van der Waals surface area contributed by atoms with Gasteiger partial charge in [0.15, 0.2) is 8.67 Å². The van der Waals surface area contributed by atoms with E-state index in [4.69, 9.17) is 149 Å². The summed E-state index contributed by atoms with van der Waals surface area (Å²) in [5.41, 5.74) is -0.816. The van der Waals surface area contributed by atoms with Crippen molar-refractivity contribution >= 4 is 151 Å². The molecule has 0 fully saturated rings. The predicted molar refractivity (Wildman–Crippen MR) is 124 cm³/mol. The normalized spacial score (nSPS) is 26.3. The molecule has 0 N–H and O–H groups in total. The highest BCUT2D eigenvalue weighted by Gasteiger charge is 2.79. The Hall–Kier alpha value is 1.64. The summed E-state index contributed by atoms with van der Waals surface area (Å²) in [7, 11) is 0. The lowest BCUT2D eigenvalue weighted by Gasteiger charge is -2.50. The summed E-state index contributed by atoms with van der Waals surface area (Å²) in [6.07, 6.45) is 0. The van der Waals surface area contributed by atoms with Gasteiger partial charge in [-0.1, -0.05) is 151 Å². The fourth-order valence-electron chi connectivity index (χ4n) is 2.07. The molecule has 4 nitrogen and oxygen atoms in total. The minimum absolute atomic E-state index is 0.408. The molecule has 1 heterocycles. The lowest BCUT2D eigenvalue weighted by Crippen LogP contribution is -2.67. The zero-order valence-corrected chi connectivity index (χ0v) is 22.5. The second-order valence-electron chi connectivity index (χ2n) is 5.66. The van der Waals surface area contributed by atoms with Crippen LogP contribution in [0.5, 0.6) is 0 Å². The van der Waals surface area contributed by atoms with Gasteiger partial charge < -0.3 is 9.47 Å². The first-order chi connectivity index (χ1) is 13.2. The molecule has 0 amide bonds. The van der Waals surface area contributed by atoms with Crippen LogP contribution in [-0.4, -0.2) is 38.3 Å². The lowest BCUT2D eigenvalue weighted by molar-refractivity contribution is 0.0241. The van der Waals surface area contributed by atoms with Crippen LogP contribution in [0, 0.1) is 0 Å². The van der Waals surface area contributed by atoms with Gasteiger partial charge in [-0.05, 0) is 12.1 Å². The SMILES string of the molecule is O=C1OC(Cl)(Cl)C(Cl)(Cl)C(Cl)(Cl)C(Cl)(Cl)C(Cl)(Cl)C(Cl)(Cl)OC(=O)c2ccccc21. The Morgan fingerprint density at radius 3 is 1.03 bits per heavy atom. The van der Waals surface area contributed by atoms with Gasteiger partial charge in [0.25, 0.3) is 9.04 Å². The standard InChI is InChI=1S/C14H4Cl12O4/c15-9(16)10(17,18)12(21,22)14(25,26)30-8(28)6-4-2-1-3-5(6)7(27)29-13(23,24)11(9,19)20/h1-4H. The Morgan fingerprint density at radius 2 is 0.767 bits per heavy atom. The number of carbonyl (C=O) groups is 2. The number of fused-ring (bicyclic) bond motifs is 1. The monoisotopic (exact) mass is 656 g/mol. The van der Waals surface area contributed by atoms with E-state index in [1.165, 1.54) is 12.1 Å². The highest BCUT2D eigenvalue weighted by Crippen LogP contribution is 2.68. The number of cyclic esters (lactones) is 2. The van der Waals surface area contributed by atoms with Crippen LogP contribution in [0.3, 0.4) is 0 Å². The van der Waals surface area contributed by atoms with Crippen molar-refractivity contribution in [3.8, 4) is 0 Å². The summed E-state index contributed by atoms with van der Waals surface area (Å²) in [5, 5.41) is 0. The molecule has 16 heteroatoms. The molecule has 0 spiro atoms. The van der Waals surface area contributed by atoms with Crippen LogP contribution >= 0.6 is 139 Å². The molecule has 1 aromatic rings. The smallest absolute Gasteiger partial charge is 0.341 e. The van der Waals surface area contributed by atoms with Crippen LogP contribution in [0.4, 0.5) is 0 Å². The zero-order chi connectivity index (χ0) is 23.6. The van der Waals surface area contributed by atoms with Crippen molar-refractivity contribution in [3.63, 3.8) is 0 Å². The van der Waals surface area contributed by atoms with Gasteiger partial charge in [0.2, 0.25) is 8.67 Å². The number of rotatable bonds is 0. The van der Waals surface area contributed by atoms with Crippen LogP contribution in [0.15, 0.2) is 24.3 Å². The summed E-state index contributed by atoms with van der Waals surface area (Å²) in [6, 6.07) is 5.05. The van der Waals surface area contributed by atoms with Gasteiger partial charge in [-0.2, -0.15) is 0 Å². The maximum absolute atomic E-state index is 12.6. The number of carbonyl (C=O) groups excluding carboxylic acids is 2. The van der Waals surface area contributed by atoms with Crippen LogP contribution in [0.1, 0.15) is 20.7 Å². The van der Waals surface area contributed by atoms with Gasteiger partial charge in [-0.15, -0.1) is 0 Å². The molecule has 1 aliphatic heterocycles. The van der Waals surface area contributed by atoms with Gasteiger partial charge in [0, 0.05) is 0 Å². The lowest BCUT2D eigenvalue weighted by atomic mass is 10.1. The zero-order valence-electron chi connectivity index (χ0n) is 13.5. The average molecular weight is 662 g/mol. The van der Waals surface area contributed by atoms with Crippen molar-refractivity contribution in [2.75, 3.05) is 0 Å². The number of ether oxygens (including phenoxy) is 2. The molecule has 0 bridgehead atoms. The van der Waals surface area contributed by atoms with E-state index in [1.54, 1.807) is 0 Å². The molecule has 2 rings (SSSR count). The molecule has 1 aromatic carbocycles. The first kappa shape index (κ1) is 27.9. The third-order valence-electron chi connectivity index (χ3n) is 3.72. The molecular formula is C14H4Cl12O4. The Bertz CT molecular complexity index is 808. The molecule has 0 unspecified atom stereocenters. The van der Waals surface area contributed by atoms with E-state index in [0.717, 1.165) is 12.1 Å². The summed E-state index contributed by atoms with van der Waals surface area (Å²) in [4.78, 5) is 25.3. The van der Waals surface area contributed by atoms with E-state index in [9.17, 15) is 9.59 Å². The molecule has 0 saturated heterocycles. The largest absolute Gasteiger partial charge is 0.422 e. The van der Waals surface area contributed by atoms with Crippen molar-refractivity contribution in [2.24, 2.45) is 0 Å². The first-order valence-electron chi connectivity index (χ1n) is 7.07. The van der Waals surface area contributed by atoms with Gasteiger partial charge in [-0.3, -0.25) is 0 Å². The molecule has 0 aromatic heterocycles. The summed E-state index contributed by atoms with van der Waals surface area (Å²) >= 11 is 73.5. The fourth-order valence-corrected chi connectivity index (χ4v) is 5.51. The minimum atomic E-state index is -3.00. The van der Waals surface area contributed by atoms with Crippen LogP contribution in [0.25, 0.3) is 0 Å². The van der Waals surface area contributed by atoms with Gasteiger partial charge in [-0.25, -0.2) is 9.59 Å². The summed E-state index contributed by atoms with van der Waals surface area (Å²) in [5.74, 6) is -2.59. The van der Waals surface area contributed by atoms with Crippen molar-refractivity contribution in [1.82, 2.24) is 0 Å². The van der Waals surface area contributed by atoms with Crippen molar-refractivity contribution in [1.29, 1.82) is 0 Å². The number of halogens is 12. The van der Waals surface area contributed by atoms with Gasteiger partial charge >= 0.3 is 11.9 Å². The predicted octanol–water partition coefficient (Wildman–Crippen LogP) is 7.97. The number of alkyl halides is 12. The molecule has 0 atom stereocenters. The van der Waals surface area contributed by atoms with Crippen LogP contribution < -0.4 is 0 Å². The molecule has 0 radical (unpaired) electrons. The van der Waals surface area contributed by atoms with Gasteiger partial charge in [0.05, 0.1) is 11.1 Å². The van der Waals surface area contributed by atoms with Gasteiger partial charge in [0.1, 0.15) is 0 Å². The Morgan fingerprint density at radius 1 is 0.500 bits per heavy atom. The minimum Gasteiger partial charge on any atom is -0.422 e. The summed E-state index contributed by atoms with van der Waals surface area (Å²) < 4.78 is -7.95. The first-order valence-corrected chi connectivity index (χ1v) is 11.6. The molecule has 30 heavy (non-hydrogen) atoms. The number of esters is 2. The molecule has 0 saturated carbocycles. The number of hydrogen-bond acceptors (Lipinski definition) is 4. The van der Waals surface area contributed by atoms with E-state index in [-0.39, 0.29) is 0 Å². The van der Waals surface area contributed by atoms with E-state index >= 15 is 0 Å². The fraction of sp³-hybridized carbons (Fsp3) is 0.429. The number of benzene rings is 1. The Kier molecular flexibility index (Phi) is 8.08. The van der Waals surface area contributed by atoms with E-state index < -0.39 is 49.4 Å². The second kappa shape index (κ2) is 8.70. The Labute approximate surface area is 230 Å². The maximum Gasteiger partial charge on any atom is 0.341 e. The van der Waals surface area contributed by atoms with Crippen LogP contribution in [0.2, 0.25) is 0 Å². The van der Waals surface area contributed by atoms with Crippen molar-refractivity contribution in [2.45, 2.75) is 26.4 Å². The third-order valence-corrected chi connectivity index (χ3v) is 11.6. The topological polar surface area (TPSA) is 52.6 Å². The number of hydrogen-bond donors (Lipinski definition) is 0. The second-order valence-corrected chi connectivity index (χ2v) is 13.5. The van der Waals surface area contributed by atoms with E-state index in [0.29, 0.717) is 0 Å².